The van der Waals surface area contributed by atoms with Crippen molar-refractivity contribution in [3.8, 4) is 11.5 Å². The van der Waals surface area contributed by atoms with Crippen LogP contribution in [0.2, 0.25) is 0 Å². The summed E-state index contributed by atoms with van der Waals surface area (Å²) in [6.07, 6.45) is 3.28. The van der Waals surface area contributed by atoms with Gasteiger partial charge in [-0.3, -0.25) is 0 Å². The zero-order chi connectivity index (χ0) is 11.0. The van der Waals surface area contributed by atoms with Crippen molar-refractivity contribution in [2.45, 2.75) is 24.7 Å². The summed E-state index contributed by atoms with van der Waals surface area (Å²) in [5, 5.41) is 9.60. The van der Waals surface area contributed by atoms with E-state index >= 15 is 0 Å². The molecule has 0 amide bonds. The van der Waals surface area contributed by atoms with Gasteiger partial charge in [-0.2, -0.15) is 0 Å². The Balaban J connectivity index is 2.06. The van der Waals surface area contributed by atoms with Crippen LogP contribution >= 0.6 is 0 Å². The first-order valence-corrected chi connectivity index (χ1v) is 5.86. The molecule has 1 aromatic rings. The maximum atomic E-state index is 9.60. The average Bonchev–Trinajstić information content (AvgIpc) is 2.29. The Morgan fingerprint density at radius 3 is 2.69 bits per heavy atom. The molecule has 16 heavy (non-hydrogen) atoms. The van der Waals surface area contributed by atoms with Crippen LogP contribution in [0.5, 0.6) is 11.5 Å². The Hall–Kier alpha value is -1.22. The number of hydrogen-bond donors (Lipinski definition) is 1. The monoisotopic (exact) mass is 220 g/mol. The third-order valence-electron chi connectivity index (χ3n) is 3.75. The molecule has 3 rings (SSSR count). The first-order chi connectivity index (χ1) is 7.86. The van der Waals surface area contributed by atoms with Gasteiger partial charge in [0.25, 0.3) is 0 Å². The van der Waals surface area contributed by atoms with E-state index in [2.05, 4.69) is 6.07 Å². The van der Waals surface area contributed by atoms with Gasteiger partial charge in [-0.15, -0.1) is 0 Å². The SMILES string of the molecule is OCC1(c2cccc3c2OCCO3)CCC1. The molecule has 1 aromatic carbocycles. The lowest BCUT2D eigenvalue weighted by Gasteiger charge is -2.42. The first kappa shape index (κ1) is 9.97. The number of hydrogen-bond acceptors (Lipinski definition) is 3. The van der Waals surface area contributed by atoms with Crippen molar-refractivity contribution >= 4 is 0 Å². The fourth-order valence-electron chi connectivity index (χ4n) is 2.61. The van der Waals surface area contributed by atoms with Gasteiger partial charge in [-0.25, -0.2) is 0 Å². The Morgan fingerprint density at radius 2 is 2.00 bits per heavy atom. The van der Waals surface area contributed by atoms with Crippen molar-refractivity contribution in [1.29, 1.82) is 0 Å². The fourth-order valence-corrected chi connectivity index (χ4v) is 2.61. The van der Waals surface area contributed by atoms with E-state index in [0.29, 0.717) is 13.2 Å². The minimum absolute atomic E-state index is 0.0773. The van der Waals surface area contributed by atoms with Crippen LogP contribution in [0.1, 0.15) is 24.8 Å². The summed E-state index contributed by atoms with van der Waals surface area (Å²) in [6, 6.07) is 5.98. The van der Waals surface area contributed by atoms with Crippen molar-refractivity contribution in [2.24, 2.45) is 0 Å². The fraction of sp³-hybridized carbons (Fsp3) is 0.538. The summed E-state index contributed by atoms with van der Waals surface area (Å²) in [7, 11) is 0. The Labute approximate surface area is 95.0 Å². The van der Waals surface area contributed by atoms with E-state index in [-0.39, 0.29) is 12.0 Å². The first-order valence-electron chi connectivity index (χ1n) is 5.86. The van der Waals surface area contributed by atoms with Gasteiger partial charge in [0.1, 0.15) is 13.2 Å². The molecule has 0 aromatic heterocycles. The molecule has 86 valence electrons. The van der Waals surface area contributed by atoms with E-state index in [4.69, 9.17) is 9.47 Å². The molecule has 1 N–H and O–H groups in total. The van der Waals surface area contributed by atoms with Crippen molar-refractivity contribution in [3.63, 3.8) is 0 Å². The summed E-state index contributed by atoms with van der Waals surface area (Å²) in [5.74, 6) is 1.67. The summed E-state index contributed by atoms with van der Waals surface area (Å²) in [6.45, 7) is 1.42. The van der Waals surface area contributed by atoms with Crippen molar-refractivity contribution in [3.05, 3.63) is 23.8 Å². The van der Waals surface area contributed by atoms with Crippen LogP contribution < -0.4 is 9.47 Å². The smallest absolute Gasteiger partial charge is 0.165 e. The lowest BCUT2D eigenvalue weighted by molar-refractivity contribution is 0.109. The molecule has 3 nitrogen and oxygen atoms in total. The highest BCUT2D eigenvalue weighted by Crippen LogP contribution is 2.49. The second-order valence-corrected chi connectivity index (χ2v) is 4.62. The minimum Gasteiger partial charge on any atom is -0.486 e. The second-order valence-electron chi connectivity index (χ2n) is 4.62. The Kier molecular flexibility index (Phi) is 2.28. The van der Waals surface area contributed by atoms with E-state index in [1.165, 1.54) is 6.42 Å². The number of aliphatic hydroxyl groups is 1. The summed E-state index contributed by atoms with van der Waals surface area (Å²) < 4.78 is 11.3. The van der Waals surface area contributed by atoms with Crippen LogP contribution in [0.25, 0.3) is 0 Å². The summed E-state index contributed by atoms with van der Waals surface area (Å²) >= 11 is 0. The molecule has 0 spiro atoms. The van der Waals surface area contributed by atoms with Crippen molar-refractivity contribution in [2.75, 3.05) is 19.8 Å². The molecular formula is C13H16O3. The van der Waals surface area contributed by atoms with Gasteiger partial charge in [-0.05, 0) is 18.9 Å². The van der Waals surface area contributed by atoms with Crippen molar-refractivity contribution < 1.29 is 14.6 Å². The number of aliphatic hydroxyl groups excluding tert-OH is 1. The molecule has 0 atom stereocenters. The Morgan fingerprint density at radius 1 is 1.19 bits per heavy atom. The maximum Gasteiger partial charge on any atom is 0.165 e. The molecule has 0 radical (unpaired) electrons. The van der Waals surface area contributed by atoms with Crippen LogP contribution in [0, 0.1) is 0 Å². The molecular weight excluding hydrogens is 204 g/mol. The predicted octanol–water partition coefficient (Wildman–Crippen LogP) is 1.87. The highest BCUT2D eigenvalue weighted by molar-refractivity contribution is 5.51. The molecule has 2 aliphatic rings. The maximum absolute atomic E-state index is 9.60. The predicted molar refractivity (Wildman–Crippen MR) is 60.0 cm³/mol. The van der Waals surface area contributed by atoms with Crippen molar-refractivity contribution in [1.82, 2.24) is 0 Å². The van der Waals surface area contributed by atoms with Gasteiger partial charge < -0.3 is 14.6 Å². The number of fused-ring (bicyclic) bond motifs is 1. The molecule has 0 unspecified atom stereocenters. The lowest BCUT2D eigenvalue weighted by atomic mass is 9.64. The van der Waals surface area contributed by atoms with Crippen LogP contribution in [-0.4, -0.2) is 24.9 Å². The standard InChI is InChI=1S/C13H16O3/c14-9-13(5-2-6-13)10-3-1-4-11-12(10)16-8-7-15-11/h1,3-4,14H,2,5-9H2. The topological polar surface area (TPSA) is 38.7 Å². The third kappa shape index (κ3) is 1.31. The second kappa shape index (κ2) is 3.67. The summed E-state index contributed by atoms with van der Waals surface area (Å²) in [5.41, 5.74) is 1.05. The third-order valence-corrected chi connectivity index (χ3v) is 3.75. The van der Waals surface area contributed by atoms with Gasteiger partial charge in [0, 0.05) is 11.0 Å². The number of ether oxygens (including phenoxy) is 2. The largest absolute Gasteiger partial charge is 0.486 e. The highest BCUT2D eigenvalue weighted by atomic mass is 16.6. The van der Waals surface area contributed by atoms with Crippen LogP contribution in [0.3, 0.4) is 0 Å². The number of benzene rings is 1. The van der Waals surface area contributed by atoms with Gasteiger partial charge >= 0.3 is 0 Å². The molecule has 1 aliphatic carbocycles. The molecule has 0 bridgehead atoms. The van der Waals surface area contributed by atoms with E-state index in [0.717, 1.165) is 29.9 Å². The quantitative estimate of drug-likeness (QED) is 0.827. The van der Waals surface area contributed by atoms with E-state index < -0.39 is 0 Å². The zero-order valence-electron chi connectivity index (χ0n) is 9.24. The number of rotatable bonds is 2. The molecule has 1 fully saturated rings. The summed E-state index contributed by atoms with van der Waals surface area (Å²) in [4.78, 5) is 0. The van der Waals surface area contributed by atoms with Gasteiger partial charge in [0.15, 0.2) is 11.5 Å². The van der Waals surface area contributed by atoms with Crippen LogP contribution in [0.15, 0.2) is 18.2 Å². The van der Waals surface area contributed by atoms with E-state index in [1.54, 1.807) is 0 Å². The zero-order valence-corrected chi connectivity index (χ0v) is 9.24. The average molecular weight is 220 g/mol. The molecule has 1 heterocycles. The van der Waals surface area contributed by atoms with E-state index in [1.807, 2.05) is 12.1 Å². The normalized spacial score (nSPS) is 21.3. The van der Waals surface area contributed by atoms with Gasteiger partial charge in [0.05, 0.1) is 6.61 Å². The molecule has 1 aliphatic heterocycles. The minimum atomic E-state index is -0.0773. The van der Waals surface area contributed by atoms with Crippen LogP contribution in [0.4, 0.5) is 0 Å². The molecule has 3 heteroatoms. The van der Waals surface area contributed by atoms with Gasteiger partial charge in [0.2, 0.25) is 0 Å². The highest BCUT2D eigenvalue weighted by Gasteiger charge is 2.41. The number of para-hydroxylation sites is 1. The molecule has 1 saturated carbocycles. The van der Waals surface area contributed by atoms with Gasteiger partial charge in [-0.1, -0.05) is 18.6 Å². The van der Waals surface area contributed by atoms with Crippen LogP contribution in [-0.2, 0) is 5.41 Å². The lowest BCUT2D eigenvalue weighted by Crippen LogP contribution is -2.38. The van der Waals surface area contributed by atoms with E-state index in [9.17, 15) is 5.11 Å². The Bertz CT molecular complexity index is 391. The molecule has 0 saturated heterocycles.